The first kappa shape index (κ1) is 14.5. The number of hydrogen-bond donors (Lipinski definition) is 1. The zero-order valence-corrected chi connectivity index (χ0v) is 13.1. The zero-order chi connectivity index (χ0) is 14.8. The van der Waals surface area contributed by atoms with Gasteiger partial charge in [0.25, 0.3) is 0 Å². The molecule has 0 spiro atoms. The maximum atomic E-state index is 5.77. The average Bonchev–Trinajstić information content (AvgIpc) is 2.88. The highest BCUT2D eigenvalue weighted by molar-refractivity contribution is 5.42. The van der Waals surface area contributed by atoms with Crippen molar-refractivity contribution in [3.63, 3.8) is 0 Å². The van der Waals surface area contributed by atoms with Crippen molar-refractivity contribution in [1.82, 2.24) is 19.9 Å². The van der Waals surface area contributed by atoms with E-state index in [2.05, 4.69) is 29.2 Å². The molecule has 5 nitrogen and oxygen atoms in total. The number of hydrogen-bond acceptors (Lipinski definition) is 4. The molecule has 2 atom stereocenters. The van der Waals surface area contributed by atoms with E-state index >= 15 is 0 Å². The summed E-state index contributed by atoms with van der Waals surface area (Å²) in [5.74, 6) is 0. The van der Waals surface area contributed by atoms with Gasteiger partial charge in [0.15, 0.2) is 5.65 Å². The van der Waals surface area contributed by atoms with Crippen molar-refractivity contribution in [2.75, 3.05) is 13.2 Å². The largest absolute Gasteiger partial charge is 0.377 e. The average molecular weight is 288 g/mol. The van der Waals surface area contributed by atoms with E-state index in [0.29, 0.717) is 6.10 Å². The monoisotopic (exact) mass is 288 g/mol. The molecule has 1 fully saturated rings. The van der Waals surface area contributed by atoms with Crippen molar-refractivity contribution in [1.29, 1.82) is 0 Å². The molecule has 2 aromatic heterocycles. The van der Waals surface area contributed by atoms with E-state index in [9.17, 15) is 0 Å². The van der Waals surface area contributed by atoms with E-state index in [4.69, 9.17) is 4.74 Å². The van der Waals surface area contributed by atoms with Gasteiger partial charge in [-0.15, -0.1) is 0 Å². The zero-order valence-electron chi connectivity index (χ0n) is 13.1. The lowest BCUT2D eigenvalue weighted by Crippen LogP contribution is -2.33. The van der Waals surface area contributed by atoms with Crippen LogP contribution in [0.5, 0.6) is 0 Å². The molecule has 0 aliphatic carbocycles. The Hall–Kier alpha value is -1.46. The Labute approximate surface area is 125 Å². The van der Waals surface area contributed by atoms with Crippen LogP contribution in [0.25, 0.3) is 5.65 Å². The summed E-state index contributed by atoms with van der Waals surface area (Å²) in [7, 11) is 0. The van der Waals surface area contributed by atoms with Crippen molar-refractivity contribution in [3.8, 4) is 0 Å². The molecule has 114 valence electrons. The molecule has 0 bridgehead atoms. The second-order valence-corrected chi connectivity index (χ2v) is 5.97. The first-order valence-electron chi connectivity index (χ1n) is 7.82. The summed E-state index contributed by atoms with van der Waals surface area (Å²) in [6.07, 6.45) is 5.95. The molecular weight excluding hydrogens is 264 g/mol. The molecule has 1 aliphatic heterocycles. The molecule has 3 rings (SSSR count). The van der Waals surface area contributed by atoms with Crippen LogP contribution in [0.1, 0.15) is 49.2 Å². The Morgan fingerprint density at radius 3 is 3.05 bits per heavy atom. The third-order valence-corrected chi connectivity index (χ3v) is 4.28. The molecule has 1 aliphatic rings. The highest BCUT2D eigenvalue weighted by Crippen LogP contribution is 2.19. The molecule has 5 heteroatoms. The number of fused-ring (bicyclic) bond motifs is 1. The summed E-state index contributed by atoms with van der Waals surface area (Å²) in [5.41, 5.74) is 4.26. The summed E-state index contributed by atoms with van der Waals surface area (Å²) in [6, 6.07) is 2.25. The van der Waals surface area contributed by atoms with Crippen LogP contribution in [0.3, 0.4) is 0 Å². The van der Waals surface area contributed by atoms with Gasteiger partial charge < -0.3 is 10.1 Å². The summed E-state index contributed by atoms with van der Waals surface area (Å²) in [4.78, 5) is 4.51. The van der Waals surface area contributed by atoms with Gasteiger partial charge in [-0.3, -0.25) is 0 Å². The molecule has 2 aromatic rings. The second kappa shape index (κ2) is 6.12. The topological polar surface area (TPSA) is 51.5 Å². The van der Waals surface area contributed by atoms with Crippen molar-refractivity contribution < 1.29 is 4.74 Å². The molecule has 3 heterocycles. The van der Waals surface area contributed by atoms with Crippen LogP contribution in [0.4, 0.5) is 0 Å². The fraction of sp³-hybridized carbons (Fsp3) is 0.625. The van der Waals surface area contributed by atoms with Gasteiger partial charge in [0.2, 0.25) is 0 Å². The minimum Gasteiger partial charge on any atom is -0.377 e. The van der Waals surface area contributed by atoms with Crippen LogP contribution >= 0.6 is 0 Å². The molecule has 21 heavy (non-hydrogen) atoms. The summed E-state index contributed by atoms with van der Waals surface area (Å²) in [5, 5.41) is 8.08. The molecule has 1 N–H and O–H groups in total. The third kappa shape index (κ3) is 3.09. The Morgan fingerprint density at radius 2 is 2.29 bits per heavy atom. The Kier molecular flexibility index (Phi) is 4.22. The van der Waals surface area contributed by atoms with Crippen molar-refractivity contribution in [2.24, 2.45) is 0 Å². The van der Waals surface area contributed by atoms with Crippen LogP contribution in [0.15, 0.2) is 12.3 Å². The smallest absolute Gasteiger partial charge is 0.155 e. The van der Waals surface area contributed by atoms with Gasteiger partial charge in [-0.2, -0.15) is 5.10 Å². The Bertz CT molecular complexity index is 616. The van der Waals surface area contributed by atoms with Crippen LogP contribution in [-0.4, -0.2) is 33.9 Å². The number of ether oxygens (including phenoxy) is 1. The maximum Gasteiger partial charge on any atom is 0.155 e. The number of nitrogens with one attached hydrogen (secondary N) is 1. The Morgan fingerprint density at radius 1 is 1.43 bits per heavy atom. The van der Waals surface area contributed by atoms with Crippen LogP contribution < -0.4 is 5.32 Å². The van der Waals surface area contributed by atoms with Gasteiger partial charge >= 0.3 is 0 Å². The van der Waals surface area contributed by atoms with Gasteiger partial charge in [0.05, 0.1) is 11.8 Å². The standard InChI is InChI=1S/C16H24N4O/c1-11-8-16-18-10-15(13(3)20(16)19-11)12(2)17-9-14-6-4-5-7-21-14/h8,10,12,14,17H,4-7,9H2,1-3H3. The van der Waals surface area contributed by atoms with Crippen LogP contribution in [0, 0.1) is 13.8 Å². The SMILES string of the molecule is Cc1cc2ncc(C(C)NCC3CCCCO3)c(C)n2n1. The van der Waals surface area contributed by atoms with Gasteiger partial charge in [0.1, 0.15) is 0 Å². The van der Waals surface area contributed by atoms with E-state index in [-0.39, 0.29) is 6.04 Å². The molecule has 0 saturated carbocycles. The highest BCUT2D eigenvalue weighted by Gasteiger charge is 2.17. The fourth-order valence-electron chi connectivity index (χ4n) is 2.99. The van der Waals surface area contributed by atoms with Gasteiger partial charge in [-0.05, 0) is 40.0 Å². The number of nitrogens with zero attached hydrogens (tertiary/aromatic N) is 3. The summed E-state index contributed by atoms with van der Waals surface area (Å²) < 4.78 is 7.70. The minimum atomic E-state index is 0.247. The first-order chi connectivity index (χ1) is 10.1. The van der Waals surface area contributed by atoms with Crippen molar-refractivity contribution in [2.45, 2.75) is 52.2 Å². The molecule has 0 radical (unpaired) electrons. The predicted molar refractivity (Wildman–Crippen MR) is 82.5 cm³/mol. The van der Waals surface area contributed by atoms with E-state index < -0.39 is 0 Å². The quantitative estimate of drug-likeness (QED) is 0.939. The van der Waals surface area contributed by atoms with Crippen LogP contribution in [-0.2, 0) is 4.74 Å². The molecule has 2 unspecified atom stereocenters. The Balaban J connectivity index is 1.71. The van der Waals surface area contributed by atoms with Gasteiger partial charge in [0, 0.05) is 42.7 Å². The van der Waals surface area contributed by atoms with E-state index in [0.717, 1.165) is 36.6 Å². The van der Waals surface area contributed by atoms with Crippen LogP contribution in [0.2, 0.25) is 0 Å². The molecule has 0 amide bonds. The lowest BCUT2D eigenvalue weighted by atomic mass is 10.1. The predicted octanol–water partition coefficient (Wildman–Crippen LogP) is 2.57. The number of rotatable bonds is 4. The summed E-state index contributed by atoms with van der Waals surface area (Å²) in [6.45, 7) is 8.08. The molecular formula is C16H24N4O. The van der Waals surface area contributed by atoms with E-state index in [1.165, 1.54) is 18.4 Å². The van der Waals surface area contributed by atoms with Crippen molar-refractivity contribution >= 4 is 5.65 Å². The maximum absolute atomic E-state index is 5.77. The number of aromatic nitrogens is 3. The summed E-state index contributed by atoms with van der Waals surface area (Å²) >= 11 is 0. The lowest BCUT2D eigenvalue weighted by Gasteiger charge is -2.25. The van der Waals surface area contributed by atoms with Gasteiger partial charge in [-0.1, -0.05) is 0 Å². The van der Waals surface area contributed by atoms with Gasteiger partial charge in [-0.25, -0.2) is 9.50 Å². The van der Waals surface area contributed by atoms with E-state index in [1.54, 1.807) is 0 Å². The normalized spacial score (nSPS) is 20.8. The van der Waals surface area contributed by atoms with E-state index in [1.807, 2.05) is 23.7 Å². The highest BCUT2D eigenvalue weighted by atomic mass is 16.5. The minimum absolute atomic E-state index is 0.247. The molecule has 1 saturated heterocycles. The third-order valence-electron chi connectivity index (χ3n) is 4.28. The fourth-order valence-corrected chi connectivity index (χ4v) is 2.99. The second-order valence-electron chi connectivity index (χ2n) is 5.97. The first-order valence-corrected chi connectivity index (χ1v) is 7.82. The number of aryl methyl sites for hydroxylation is 2. The van der Waals surface area contributed by atoms with Crippen molar-refractivity contribution in [3.05, 3.63) is 29.2 Å². The molecule has 0 aromatic carbocycles. The lowest BCUT2D eigenvalue weighted by molar-refractivity contribution is 0.0156.